The van der Waals surface area contributed by atoms with Crippen LogP contribution in [0.2, 0.25) is 0 Å². The fourth-order valence-electron chi connectivity index (χ4n) is 1.96. The molecule has 0 aliphatic carbocycles. The lowest BCUT2D eigenvalue weighted by atomic mass is 10.2. The van der Waals surface area contributed by atoms with Crippen LogP contribution in [0.3, 0.4) is 0 Å². The van der Waals surface area contributed by atoms with Crippen LogP contribution < -0.4 is 9.64 Å². The number of carbonyl (C=O) groups excluding carboxylic acids is 1. The van der Waals surface area contributed by atoms with Crippen LogP contribution in [0.4, 0.5) is 5.69 Å². The third-order valence-electron chi connectivity index (χ3n) is 2.79. The third kappa shape index (κ3) is 2.35. The zero-order valence-corrected chi connectivity index (χ0v) is 10.2. The second-order valence-corrected chi connectivity index (χ2v) is 3.86. The topological polar surface area (TPSA) is 38.8 Å². The molecule has 17 heavy (non-hydrogen) atoms. The molecule has 1 aromatic rings. The highest BCUT2D eigenvalue weighted by atomic mass is 16.6. The van der Waals surface area contributed by atoms with Gasteiger partial charge in [-0.3, -0.25) is 0 Å². The Morgan fingerprint density at radius 3 is 2.94 bits per heavy atom. The Morgan fingerprint density at radius 1 is 1.47 bits per heavy atom. The van der Waals surface area contributed by atoms with Crippen LogP contribution in [0.1, 0.15) is 13.8 Å². The minimum Gasteiger partial charge on any atom is -0.475 e. The van der Waals surface area contributed by atoms with Crippen molar-refractivity contribution in [2.24, 2.45) is 0 Å². The molecule has 1 aromatic carbocycles. The monoisotopic (exact) mass is 235 g/mol. The second kappa shape index (κ2) is 5.08. The normalized spacial score (nSPS) is 18.2. The van der Waals surface area contributed by atoms with Crippen LogP contribution in [0.5, 0.6) is 5.75 Å². The molecule has 0 amide bonds. The molecule has 1 unspecified atom stereocenters. The molecule has 0 bridgehead atoms. The molecule has 1 heterocycles. The Balaban J connectivity index is 2.21. The van der Waals surface area contributed by atoms with Gasteiger partial charge in [0.1, 0.15) is 5.75 Å². The number of anilines is 1. The summed E-state index contributed by atoms with van der Waals surface area (Å²) in [6, 6.07) is 7.75. The molecule has 0 aromatic heterocycles. The average Bonchev–Trinajstić information content (AvgIpc) is 2.37. The molecule has 2 rings (SSSR count). The third-order valence-corrected chi connectivity index (χ3v) is 2.79. The lowest BCUT2D eigenvalue weighted by Crippen LogP contribution is -2.45. The predicted molar refractivity (Wildman–Crippen MR) is 65.4 cm³/mol. The second-order valence-electron chi connectivity index (χ2n) is 3.86. The van der Waals surface area contributed by atoms with Crippen molar-refractivity contribution in [3.8, 4) is 5.75 Å². The summed E-state index contributed by atoms with van der Waals surface area (Å²) in [5.41, 5.74) is 1.04. The molecule has 4 heteroatoms. The van der Waals surface area contributed by atoms with Crippen molar-refractivity contribution in [1.82, 2.24) is 0 Å². The lowest BCUT2D eigenvalue weighted by molar-refractivity contribution is -0.151. The summed E-state index contributed by atoms with van der Waals surface area (Å²) in [4.78, 5) is 13.8. The minimum atomic E-state index is -0.523. The Hall–Kier alpha value is -1.71. The van der Waals surface area contributed by atoms with E-state index in [-0.39, 0.29) is 5.97 Å². The number of rotatable bonds is 3. The first-order valence-electron chi connectivity index (χ1n) is 5.93. The molecule has 0 radical (unpaired) electrons. The Bertz CT molecular complexity index is 405. The number of likely N-dealkylation sites (N-methyl/N-ethyl adjacent to an activating group) is 1. The van der Waals surface area contributed by atoms with Gasteiger partial charge in [0.2, 0.25) is 6.10 Å². The summed E-state index contributed by atoms with van der Waals surface area (Å²) in [7, 11) is 0. The number of benzene rings is 1. The SMILES string of the molecule is CCOC(=O)C1CN(CC)c2ccccc2O1. The van der Waals surface area contributed by atoms with Crippen LogP contribution in [0, 0.1) is 0 Å². The fraction of sp³-hybridized carbons (Fsp3) is 0.462. The predicted octanol–water partition coefficient (Wildman–Crippen LogP) is 1.84. The number of fused-ring (bicyclic) bond motifs is 1. The van der Waals surface area contributed by atoms with E-state index in [1.807, 2.05) is 24.3 Å². The number of para-hydroxylation sites is 2. The van der Waals surface area contributed by atoms with Gasteiger partial charge in [-0.05, 0) is 26.0 Å². The van der Waals surface area contributed by atoms with Gasteiger partial charge >= 0.3 is 5.97 Å². The van der Waals surface area contributed by atoms with Crippen molar-refractivity contribution >= 4 is 11.7 Å². The van der Waals surface area contributed by atoms with Gasteiger partial charge in [-0.1, -0.05) is 12.1 Å². The van der Waals surface area contributed by atoms with Gasteiger partial charge in [-0.25, -0.2) is 4.79 Å². The molecular formula is C13H17NO3. The maximum atomic E-state index is 11.7. The fourth-order valence-corrected chi connectivity index (χ4v) is 1.96. The first-order chi connectivity index (χ1) is 8.26. The number of nitrogens with zero attached hydrogens (tertiary/aromatic N) is 1. The molecule has 0 saturated heterocycles. The van der Waals surface area contributed by atoms with E-state index >= 15 is 0 Å². The van der Waals surface area contributed by atoms with E-state index in [1.54, 1.807) is 6.92 Å². The van der Waals surface area contributed by atoms with Gasteiger partial charge in [0.25, 0.3) is 0 Å². The first-order valence-corrected chi connectivity index (χ1v) is 5.93. The van der Waals surface area contributed by atoms with Gasteiger partial charge in [0.15, 0.2) is 0 Å². The van der Waals surface area contributed by atoms with Crippen molar-refractivity contribution in [3.05, 3.63) is 24.3 Å². The van der Waals surface area contributed by atoms with E-state index in [1.165, 1.54) is 0 Å². The lowest BCUT2D eigenvalue weighted by Gasteiger charge is -2.34. The van der Waals surface area contributed by atoms with Gasteiger partial charge in [-0.2, -0.15) is 0 Å². The molecule has 4 nitrogen and oxygen atoms in total. The Labute approximate surface area is 101 Å². The van der Waals surface area contributed by atoms with Crippen LogP contribution in [0.15, 0.2) is 24.3 Å². The van der Waals surface area contributed by atoms with Crippen LogP contribution in [-0.4, -0.2) is 31.8 Å². The molecule has 1 aliphatic rings. The number of carbonyl (C=O) groups is 1. The standard InChI is InChI=1S/C13H17NO3/c1-3-14-9-12(13(15)16-4-2)17-11-8-6-5-7-10(11)14/h5-8,12H,3-4,9H2,1-2H3. The minimum absolute atomic E-state index is 0.291. The molecule has 0 spiro atoms. The van der Waals surface area contributed by atoms with E-state index < -0.39 is 6.10 Å². The van der Waals surface area contributed by atoms with Crippen LogP contribution in [0.25, 0.3) is 0 Å². The number of esters is 1. The highest BCUT2D eigenvalue weighted by molar-refractivity contribution is 5.78. The maximum absolute atomic E-state index is 11.7. The van der Waals surface area contributed by atoms with Crippen LogP contribution >= 0.6 is 0 Å². The molecule has 0 saturated carbocycles. The molecule has 0 N–H and O–H groups in total. The highest BCUT2D eigenvalue weighted by Crippen LogP contribution is 2.32. The summed E-state index contributed by atoms with van der Waals surface area (Å²) >= 11 is 0. The van der Waals surface area contributed by atoms with Crippen molar-refractivity contribution in [2.75, 3.05) is 24.6 Å². The van der Waals surface area contributed by atoms with E-state index in [4.69, 9.17) is 9.47 Å². The maximum Gasteiger partial charge on any atom is 0.349 e. The molecule has 1 aliphatic heterocycles. The zero-order valence-electron chi connectivity index (χ0n) is 10.2. The van der Waals surface area contributed by atoms with Crippen molar-refractivity contribution < 1.29 is 14.3 Å². The Morgan fingerprint density at radius 2 is 2.24 bits per heavy atom. The summed E-state index contributed by atoms with van der Waals surface area (Å²) in [5, 5.41) is 0. The Kier molecular flexibility index (Phi) is 3.52. The van der Waals surface area contributed by atoms with E-state index in [0.717, 1.165) is 18.0 Å². The number of hydrogen-bond donors (Lipinski definition) is 0. The van der Waals surface area contributed by atoms with E-state index in [0.29, 0.717) is 13.2 Å². The quantitative estimate of drug-likeness (QED) is 0.749. The summed E-state index contributed by atoms with van der Waals surface area (Å²) in [6.45, 7) is 5.63. The summed E-state index contributed by atoms with van der Waals surface area (Å²) in [5.74, 6) is 0.458. The molecule has 92 valence electrons. The van der Waals surface area contributed by atoms with Gasteiger partial charge in [-0.15, -0.1) is 0 Å². The average molecular weight is 235 g/mol. The van der Waals surface area contributed by atoms with Crippen LogP contribution in [-0.2, 0) is 9.53 Å². The number of ether oxygens (including phenoxy) is 2. The van der Waals surface area contributed by atoms with Gasteiger partial charge < -0.3 is 14.4 Å². The highest BCUT2D eigenvalue weighted by Gasteiger charge is 2.30. The van der Waals surface area contributed by atoms with Crippen molar-refractivity contribution in [3.63, 3.8) is 0 Å². The van der Waals surface area contributed by atoms with Gasteiger partial charge in [0, 0.05) is 6.54 Å². The molecular weight excluding hydrogens is 218 g/mol. The van der Waals surface area contributed by atoms with Crippen molar-refractivity contribution in [2.45, 2.75) is 20.0 Å². The van der Waals surface area contributed by atoms with Crippen molar-refractivity contribution in [1.29, 1.82) is 0 Å². The zero-order chi connectivity index (χ0) is 12.3. The first kappa shape index (κ1) is 11.8. The molecule has 1 atom stereocenters. The summed E-state index contributed by atoms with van der Waals surface area (Å²) < 4.78 is 10.7. The largest absolute Gasteiger partial charge is 0.475 e. The number of hydrogen-bond acceptors (Lipinski definition) is 4. The summed E-state index contributed by atoms with van der Waals surface area (Å²) in [6.07, 6.45) is -0.523. The van der Waals surface area contributed by atoms with Gasteiger partial charge in [0.05, 0.1) is 18.8 Å². The van der Waals surface area contributed by atoms with E-state index in [9.17, 15) is 4.79 Å². The molecule has 0 fully saturated rings. The van der Waals surface area contributed by atoms with E-state index in [2.05, 4.69) is 11.8 Å². The smallest absolute Gasteiger partial charge is 0.349 e.